The number of hydrogen-bond donors (Lipinski definition) is 2. The van der Waals surface area contributed by atoms with Gasteiger partial charge >= 0.3 is 0 Å². The molecule has 4 heavy (non-hydrogen) atoms. The molecule has 3 heteroatoms. The van der Waals surface area contributed by atoms with Gasteiger partial charge in [0.05, 0.1) is 7.35 Å². The predicted molar refractivity (Wildman–Crippen MR) is 24.0 cm³/mol. The van der Waals surface area contributed by atoms with Gasteiger partial charge in [-0.25, -0.2) is 0 Å². The zero-order valence-corrected chi connectivity index (χ0v) is 4.13. The lowest BCUT2D eigenvalue weighted by Crippen LogP contribution is -1.39. The minimum Gasteiger partial charge on any atom is -0.363 e. The Labute approximate surface area is 32.0 Å². The van der Waals surface area contributed by atoms with Crippen LogP contribution < -0.4 is 0 Å². The van der Waals surface area contributed by atoms with Crippen molar-refractivity contribution in [2.75, 3.05) is 6.66 Å². The van der Waals surface area contributed by atoms with Crippen molar-refractivity contribution in [1.29, 1.82) is 0 Å². The molecule has 0 bridgehead atoms. The van der Waals surface area contributed by atoms with Gasteiger partial charge in [-0.05, 0) is 6.66 Å². The molecule has 0 radical (unpaired) electrons. The van der Waals surface area contributed by atoms with Gasteiger partial charge in [0.1, 0.15) is 0 Å². The van der Waals surface area contributed by atoms with E-state index in [4.69, 9.17) is 4.89 Å². The summed E-state index contributed by atoms with van der Waals surface area (Å²) < 4.78 is 0. The SMILES string of the molecule is CP(O)S. The van der Waals surface area contributed by atoms with Crippen molar-refractivity contribution < 1.29 is 4.89 Å². The molecule has 26 valence electrons. The van der Waals surface area contributed by atoms with Crippen LogP contribution in [0.1, 0.15) is 0 Å². The van der Waals surface area contributed by atoms with Crippen LogP contribution in [0.15, 0.2) is 0 Å². The lowest BCUT2D eigenvalue weighted by molar-refractivity contribution is 0.647. The normalized spacial score (nSPS) is 15.8. The standard InChI is InChI=1S/CH5OPS/c1-3(2)4/h2,4H,1H3. The van der Waals surface area contributed by atoms with Gasteiger partial charge in [-0.2, -0.15) is 0 Å². The Bertz CT molecular complexity index is 12.8. The van der Waals surface area contributed by atoms with E-state index in [2.05, 4.69) is 12.2 Å². The van der Waals surface area contributed by atoms with Crippen LogP contribution in [0.5, 0.6) is 0 Å². The van der Waals surface area contributed by atoms with E-state index < -0.39 is 7.35 Å². The van der Waals surface area contributed by atoms with E-state index in [9.17, 15) is 0 Å². The van der Waals surface area contributed by atoms with Crippen LogP contribution in [-0.4, -0.2) is 11.6 Å². The summed E-state index contributed by atoms with van der Waals surface area (Å²) in [6, 6.07) is 0. The summed E-state index contributed by atoms with van der Waals surface area (Å²) in [7, 11) is -0.926. The molecule has 0 aliphatic rings. The first-order chi connectivity index (χ1) is 1.73. The quantitative estimate of drug-likeness (QED) is 0.338. The largest absolute Gasteiger partial charge is 0.363 e. The molecule has 1 atom stereocenters. The molecule has 0 aromatic rings. The Morgan fingerprint density at radius 2 is 2.00 bits per heavy atom. The predicted octanol–water partition coefficient (Wildman–Crippen LogP) is 0.850. The highest BCUT2D eigenvalue weighted by atomic mass is 32.7. The van der Waals surface area contributed by atoms with Crippen molar-refractivity contribution in [2.45, 2.75) is 0 Å². The first kappa shape index (κ1) is 4.74. The lowest BCUT2D eigenvalue weighted by atomic mass is 12.0. The highest BCUT2D eigenvalue weighted by Gasteiger charge is 1.70. The van der Waals surface area contributed by atoms with Gasteiger partial charge in [0, 0.05) is 0 Å². The fourth-order valence-electron chi connectivity index (χ4n) is 0. The highest BCUT2D eigenvalue weighted by molar-refractivity contribution is 8.43. The monoisotopic (exact) mass is 96.0 g/mol. The molecule has 1 unspecified atom stereocenters. The third kappa shape index (κ3) is 15.1. The van der Waals surface area contributed by atoms with Gasteiger partial charge in [-0.1, -0.05) is 0 Å². The number of thiol groups is 1. The molecule has 0 aromatic carbocycles. The lowest BCUT2D eigenvalue weighted by Gasteiger charge is -1.79. The Balaban J connectivity index is 2.32. The van der Waals surface area contributed by atoms with E-state index in [-0.39, 0.29) is 0 Å². The summed E-state index contributed by atoms with van der Waals surface area (Å²) in [4.78, 5) is 7.98. The summed E-state index contributed by atoms with van der Waals surface area (Å²) in [5.74, 6) is 0. The Morgan fingerprint density at radius 1 is 2.00 bits per heavy atom. The minimum absolute atomic E-state index is 0.926. The van der Waals surface area contributed by atoms with E-state index in [1.54, 1.807) is 6.66 Å². The van der Waals surface area contributed by atoms with E-state index in [1.165, 1.54) is 0 Å². The van der Waals surface area contributed by atoms with Crippen LogP contribution in [0, 0.1) is 0 Å². The molecule has 0 heterocycles. The van der Waals surface area contributed by atoms with Crippen molar-refractivity contribution in [3.05, 3.63) is 0 Å². The van der Waals surface area contributed by atoms with Crippen molar-refractivity contribution >= 4 is 19.6 Å². The molecule has 0 aromatic heterocycles. The maximum absolute atomic E-state index is 7.98. The van der Waals surface area contributed by atoms with Gasteiger partial charge < -0.3 is 4.89 Å². The summed E-state index contributed by atoms with van der Waals surface area (Å²) in [6.45, 7) is 1.65. The average molecular weight is 96.1 g/mol. The third-order valence-electron chi connectivity index (χ3n) is 0. The van der Waals surface area contributed by atoms with Gasteiger partial charge in [0.2, 0.25) is 0 Å². The maximum atomic E-state index is 7.98. The maximum Gasteiger partial charge on any atom is 0.0784 e. The average Bonchev–Trinajstić information content (AvgIpc) is 0.811. The molecule has 1 nitrogen and oxygen atoms in total. The number of rotatable bonds is 0. The third-order valence-corrected chi connectivity index (χ3v) is 0. The zero-order chi connectivity index (χ0) is 3.58. The second-order valence-corrected chi connectivity index (χ2v) is 3.20. The molecule has 0 saturated heterocycles. The molecular formula is CH5OPS. The van der Waals surface area contributed by atoms with Crippen LogP contribution in [0.25, 0.3) is 0 Å². The second kappa shape index (κ2) is 2.01. The van der Waals surface area contributed by atoms with Crippen LogP contribution in [-0.2, 0) is 0 Å². The highest BCUT2D eigenvalue weighted by Crippen LogP contribution is 2.27. The summed E-state index contributed by atoms with van der Waals surface area (Å²) >= 11 is 3.59. The van der Waals surface area contributed by atoms with Crippen molar-refractivity contribution in [3.63, 3.8) is 0 Å². The van der Waals surface area contributed by atoms with Crippen LogP contribution in [0.2, 0.25) is 0 Å². The van der Waals surface area contributed by atoms with Gasteiger partial charge in [0.15, 0.2) is 0 Å². The smallest absolute Gasteiger partial charge is 0.0784 e. The minimum atomic E-state index is -0.926. The molecule has 0 aliphatic carbocycles. The van der Waals surface area contributed by atoms with E-state index in [1.807, 2.05) is 0 Å². The van der Waals surface area contributed by atoms with E-state index in [0.29, 0.717) is 0 Å². The van der Waals surface area contributed by atoms with Crippen molar-refractivity contribution in [3.8, 4) is 0 Å². The second-order valence-electron chi connectivity index (χ2n) is 0.489. The molecule has 0 rings (SSSR count). The Hall–Kier alpha value is 0.740. The topological polar surface area (TPSA) is 20.2 Å². The molecule has 0 fully saturated rings. The summed E-state index contributed by atoms with van der Waals surface area (Å²) in [5, 5.41) is 0. The summed E-state index contributed by atoms with van der Waals surface area (Å²) in [5.41, 5.74) is 0. The fraction of sp³-hybridized carbons (Fsp3) is 1.00. The van der Waals surface area contributed by atoms with Crippen LogP contribution >= 0.6 is 19.6 Å². The zero-order valence-electron chi connectivity index (χ0n) is 2.34. The van der Waals surface area contributed by atoms with E-state index >= 15 is 0 Å². The molecule has 0 aliphatic heterocycles. The van der Waals surface area contributed by atoms with Crippen molar-refractivity contribution in [1.82, 2.24) is 0 Å². The first-order valence-corrected chi connectivity index (χ1v) is 3.74. The summed E-state index contributed by atoms with van der Waals surface area (Å²) in [6.07, 6.45) is 0. The Kier molecular flexibility index (Phi) is 2.38. The Morgan fingerprint density at radius 3 is 2.00 bits per heavy atom. The van der Waals surface area contributed by atoms with Gasteiger partial charge in [-0.3, -0.25) is 0 Å². The number of hydrogen-bond acceptors (Lipinski definition) is 2. The molecule has 0 saturated carbocycles. The molecule has 0 amide bonds. The fourth-order valence-corrected chi connectivity index (χ4v) is 0. The van der Waals surface area contributed by atoms with Crippen LogP contribution in [0.4, 0.5) is 0 Å². The van der Waals surface area contributed by atoms with Crippen LogP contribution in [0.3, 0.4) is 0 Å². The first-order valence-electron chi connectivity index (χ1n) is 0.847. The van der Waals surface area contributed by atoms with Gasteiger partial charge in [0.25, 0.3) is 0 Å². The molecular weight excluding hydrogens is 91.1 g/mol. The molecule has 1 N–H and O–H groups in total. The van der Waals surface area contributed by atoms with E-state index in [0.717, 1.165) is 0 Å². The molecule has 0 spiro atoms. The van der Waals surface area contributed by atoms with Gasteiger partial charge in [-0.15, -0.1) is 12.2 Å². The van der Waals surface area contributed by atoms with Crippen molar-refractivity contribution in [2.24, 2.45) is 0 Å².